The molecule has 1 heteroatoms. The van der Waals surface area contributed by atoms with Gasteiger partial charge in [-0.25, -0.2) is 0 Å². The lowest BCUT2D eigenvalue weighted by atomic mass is 10.0. The van der Waals surface area contributed by atoms with Crippen LogP contribution >= 0.6 is 11.3 Å². The second-order valence-corrected chi connectivity index (χ2v) is 5.07. The van der Waals surface area contributed by atoms with Gasteiger partial charge in [-0.05, 0) is 39.8 Å². The first-order chi connectivity index (χ1) is 8.40. The maximum absolute atomic E-state index is 2.24. The summed E-state index contributed by atoms with van der Waals surface area (Å²) < 4.78 is 0. The summed E-state index contributed by atoms with van der Waals surface area (Å²) in [5, 5.41) is 4.86. The van der Waals surface area contributed by atoms with Crippen molar-refractivity contribution in [2.75, 3.05) is 0 Å². The molecular weight excluding hydrogens is 224 g/mol. The van der Waals surface area contributed by atoms with Gasteiger partial charge in [0.25, 0.3) is 0 Å². The summed E-state index contributed by atoms with van der Waals surface area (Å²) in [5.41, 5.74) is 2.82. The molecule has 0 atom stereocenters. The molecule has 0 radical (unpaired) electrons. The molecule has 0 N–H and O–H groups in total. The predicted molar refractivity (Wildman–Crippen MR) is 76.6 cm³/mol. The van der Waals surface area contributed by atoms with Gasteiger partial charge < -0.3 is 0 Å². The number of benzene rings is 2. The van der Waals surface area contributed by atoms with Crippen LogP contribution in [0.15, 0.2) is 53.9 Å². The van der Waals surface area contributed by atoms with Crippen LogP contribution < -0.4 is 0 Å². The van der Waals surface area contributed by atoms with E-state index in [1.54, 1.807) is 0 Å². The molecule has 1 aromatic heterocycles. The Morgan fingerprint density at radius 3 is 2.65 bits per heavy atom. The first-order valence-electron chi connectivity index (χ1n) is 5.94. The summed E-state index contributed by atoms with van der Waals surface area (Å²) >= 11 is 1.84. The Kier molecular flexibility index (Phi) is 2.69. The number of hydrogen-bond acceptors (Lipinski definition) is 1. The van der Waals surface area contributed by atoms with Gasteiger partial charge in [0.15, 0.2) is 0 Å². The average molecular weight is 238 g/mol. The number of thiophene rings is 1. The van der Waals surface area contributed by atoms with Crippen molar-refractivity contribution in [3.05, 3.63) is 59.5 Å². The van der Waals surface area contributed by atoms with Gasteiger partial charge in [0.2, 0.25) is 0 Å². The second kappa shape index (κ2) is 4.34. The molecular formula is C16H14S. The van der Waals surface area contributed by atoms with Gasteiger partial charge in [0.1, 0.15) is 0 Å². The fraction of sp³-hybridized carbons (Fsp3) is 0.125. The van der Waals surface area contributed by atoms with E-state index in [1.807, 2.05) is 11.3 Å². The highest BCUT2D eigenvalue weighted by Gasteiger charge is 2.08. The van der Waals surface area contributed by atoms with Gasteiger partial charge in [-0.3, -0.25) is 0 Å². The summed E-state index contributed by atoms with van der Waals surface area (Å²) in [7, 11) is 0. The summed E-state index contributed by atoms with van der Waals surface area (Å²) in [4.78, 5) is 1.42. The first kappa shape index (κ1) is 10.5. The Hall–Kier alpha value is -1.60. The molecule has 0 amide bonds. The van der Waals surface area contributed by atoms with Crippen molar-refractivity contribution in [2.45, 2.75) is 13.3 Å². The van der Waals surface area contributed by atoms with Crippen LogP contribution in [0.3, 0.4) is 0 Å². The van der Waals surface area contributed by atoms with E-state index in [4.69, 9.17) is 0 Å². The van der Waals surface area contributed by atoms with E-state index >= 15 is 0 Å². The van der Waals surface area contributed by atoms with Gasteiger partial charge in [0, 0.05) is 4.88 Å². The SMILES string of the molecule is CCc1ccsc1-c1cccc2ccccc12. The summed E-state index contributed by atoms with van der Waals surface area (Å²) in [6.07, 6.45) is 1.10. The number of fused-ring (bicyclic) bond motifs is 1. The van der Waals surface area contributed by atoms with Crippen molar-refractivity contribution in [1.29, 1.82) is 0 Å². The van der Waals surface area contributed by atoms with Crippen LogP contribution in [0.4, 0.5) is 0 Å². The van der Waals surface area contributed by atoms with Gasteiger partial charge in [0.05, 0.1) is 0 Å². The topological polar surface area (TPSA) is 0 Å². The molecule has 0 saturated carbocycles. The normalized spacial score (nSPS) is 10.9. The quantitative estimate of drug-likeness (QED) is 0.580. The van der Waals surface area contributed by atoms with Crippen molar-refractivity contribution in [1.82, 2.24) is 0 Å². The summed E-state index contributed by atoms with van der Waals surface area (Å²) in [6.45, 7) is 2.22. The van der Waals surface area contributed by atoms with Crippen molar-refractivity contribution >= 4 is 22.1 Å². The van der Waals surface area contributed by atoms with Crippen LogP contribution in [0.2, 0.25) is 0 Å². The minimum Gasteiger partial charge on any atom is -0.144 e. The second-order valence-electron chi connectivity index (χ2n) is 4.16. The van der Waals surface area contributed by atoms with E-state index in [0.717, 1.165) is 6.42 Å². The van der Waals surface area contributed by atoms with E-state index in [9.17, 15) is 0 Å². The lowest BCUT2D eigenvalue weighted by molar-refractivity contribution is 1.16. The standard InChI is InChI=1S/C16H14S/c1-2-12-10-11-17-16(12)15-9-5-7-13-6-3-4-8-14(13)15/h3-11H,2H2,1H3. The van der Waals surface area contributed by atoms with Gasteiger partial charge in [-0.2, -0.15) is 0 Å². The zero-order valence-electron chi connectivity index (χ0n) is 9.81. The third kappa shape index (κ3) is 1.77. The molecule has 0 bridgehead atoms. The van der Waals surface area contributed by atoms with Crippen molar-refractivity contribution in [3.8, 4) is 10.4 Å². The fourth-order valence-electron chi connectivity index (χ4n) is 2.27. The largest absolute Gasteiger partial charge is 0.144 e. The predicted octanol–water partition coefficient (Wildman–Crippen LogP) is 5.13. The molecule has 0 saturated heterocycles. The molecule has 0 aliphatic heterocycles. The summed E-state index contributed by atoms with van der Waals surface area (Å²) in [5.74, 6) is 0. The molecule has 0 unspecified atom stereocenters. The first-order valence-corrected chi connectivity index (χ1v) is 6.82. The molecule has 17 heavy (non-hydrogen) atoms. The van der Waals surface area contributed by atoms with E-state index < -0.39 is 0 Å². The van der Waals surface area contributed by atoms with Crippen LogP contribution in [-0.4, -0.2) is 0 Å². The maximum Gasteiger partial charge on any atom is 0.0380 e. The smallest absolute Gasteiger partial charge is 0.0380 e. The van der Waals surface area contributed by atoms with Gasteiger partial charge in [-0.15, -0.1) is 11.3 Å². The Labute approximate surface area is 106 Å². The lowest BCUT2D eigenvalue weighted by Gasteiger charge is -2.06. The minimum atomic E-state index is 1.10. The van der Waals surface area contributed by atoms with Crippen LogP contribution in [0.5, 0.6) is 0 Å². The van der Waals surface area contributed by atoms with E-state index in [1.165, 1.54) is 26.8 Å². The highest BCUT2D eigenvalue weighted by atomic mass is 32.1. The highest BCUT2D eigenvalue weighted by molar-refractivity contribution is 7.13. The average Bonchev–Trinajstić information content (AvgIpc) is 2.86. The molecule has 0 aliphatic carbocycles. The van der Waals surface area contributed by atoms with E-state index in [0.29, 0.717) is 0 Å². The number of hydrogen-bond donors (Lipinski definition) is 0. The summed E-state index contributed by atoms with van der Waals surface area (Å²) in [6, 6.07) is 17.4. The number of rotatable bonds is 2. The Morgan fingerprint density at radius 1 is 0.941 bits per heavy atom. The Morgan fingerprint density at radius 2 is 1.76 bits per heavy atom. The molecule has 1 heterocycles. The van der Waals surface area contributed by atoms with Crippen molar-refractivity contribution < 1.29 is 0 Å². The van der Waals surface area contributed by atoms with Crippen molar-refractivity contribution in [3.63, 3.8) is 0 Å². The third-order valence-electron chi connectivity index (χ3n) is 3.16. The van der Waals surface area contributed by atoms with Crippen molar-refractivity contribution in [2.24, 2.45) is 0 Å². The molecule has 0 spiro atoms. The molecule has 84 valence electrons. The molecule has 3 rings (SSSR count). The van der Waals surface area contributed by atoms with Gasteiger partial charge >= 0.3 is 0 Å². The highest BCUT2D eigenvalue weighted by Crippen LogP contribution is 2.34. The molecule has 0 nitrogen and oxygen atoms in total. The van der Waals surface area contributed by atoms with Crippen LogP contribution in [0, 0.1) is 0 Å². The van der Waals surface area contributed by atoms with Crippen LogP contribution in [0.1, 0.15) is 12.5 Å². The lowest BCUT2D eigenvalue weighted by Crippen LogP contribution is -1.82. The zero-order chi connectivity index (χ0) is 11.7. The third-order valence-corrected chi connectivity index (χ3v) is 4.15. The molecule has 3 aromatic rings. The Bertz CT molecular complexity index is 644. The monoisotopic (exact) mass is 238 g/mol. The van der Waals surface area contributed by atoms with Crippen LogP contribution in [-0.2, 0) is 6.42 Å². The number of aryl methyl sites for hydroxylation is 1. The van der Waals surface area contributed by atoms with E-state index in [2.05, 4.69) is 60.8 Å². The fourth-order valence-corrected chi connectivity index (χ4v) is 3.31. The molecule has 0 aliphatic rings. The molecule has 0 fully saturated rings. The van der Waals surface area contributed by atoms with Crippen LogP contribution in [0.25, 0.3) is 21.2 Å². The maximum atomic E-state index is 2.24. The molecule has 2 aromatic carbocycles. The minimum absolute atomic E-state index is 1.10. The zero-order valence-corrected chi connectivity index (χ0v) is 10.6. The van der Waals surface area contributed by atoms with Gasteiger partial charge in [-0.1, -0.05) is 49.4 Å². The van der Waals surface area contributed by atoms with E-state index in [-0.39, 0.29) is 0 Å². The Balaban J connectivity index is 2.31.